The van der Waals surface area contributed by atoms with Crippen LogP contribution in [-0.4, -0.2) is 71.8 Å². The molecule has 0 aromatic carbocycles. The molecule has 194 valence electrons. The third-order valence-electron chi connectivity index (χ3n) is 5.83. The van der Waals surface area contributed by atoms with E-state index in [1.54, 1.807) is 18.2 Å². The molecular weight excluding hydrogens is 491 g/mol. The second-order valence-corrected chi connectivity index (χ2v) is 8.43. The molecule has 1 aliphatic heterocycles. The van der Waals surface area contributed by atoms with E-state index in [4.69, 9.17) is 0 Å². The van der Waals surface area contributed by atoms with Crippen molar-refractivity contribution in [2.45, 2.75) is 32.1 Å². The Kier molecular flexibility index (Phi) is 7.90. The number of likely N-dealkylation sites (tertiary alicyclic amines) is 1. The molecule has 0 radical (unpaired) electrons. The average Bonchev–Trinajstić information content (AvgIpc) is 3.47. The number of hydrogen-bond donors (Lipinski definition) is 1. The topological polar surface area (TPSA) is 135 Å². The summed E-state index contributed by atoms with van der Waals surface area (Å²) in [5.41, 5.74) is 0.604. The van der Waals surface area contributed by atoms with Crippen LogP contribution in [-0.2, 0) is 16.1 Å². The van der Waals surface area contributed by atoms with Gasteiger partial charge in [-0.25, -0.2) is 9.37 Å². The highest BCUT2D eigenvalue weighted by Gasteiger charge is 2.41. The molecule has 1 amide bonds. The third kappa shape index (κ3) is 5.59. The van der Waals surface area contributed by atoms with Crippen LogP contribution in [0.3, 0.4) is 0 Å². The van der Waals surface area contributed by atoms with Gasteiger partial charge in [-0.2, -0.15) is 10.2 Å². The normalized spacial score (nSPS) is 17.6. The molecule has 12 heteroatoms. The van der Waals surface area contributed by atoms with Gasteiger partial charge in [-0.1, -0.05) is 25.3 Å². The predicted octanol–water partition coefficient (Wildman–Crippen LogP) is 3.00. The lowest BCUT2D eigenvalue weighted by Gasteiger charge is -2.23. The van der Waals surface area contributed by atoms with Gasteiger partial charge in [0.05, 0.1) is 24.3 Å². The lowest BCUT2D eigenvalue weighted by Crippen LogP contribution is -2.44. The van der Waals surface area contributed by atoms with Gasteiger partial charge in [0.2, 0.25) is 11.7 Å². The maximum Gasteiger partial charge on any atom is 0.245 e. The summed E-state index contributed by atoms with van der Waals surface area (Å²) in [6.07, 6.45) is 7.11. The summed E-state index contributed by atoms with van der Waals surface area (Å²) in [7, 11) is 0. The summed E-state index contributed by atoms with van der Waals surface area (Å²) in [6, 6.07) is 4.00. The molecule has 1 saturated heterocycles. The molecule has 3 aromatic heterocycles. The van der Waals surface area contributed by atoms with E-state index >= 15 is 0 Å². The standard InChI is InChI=1S/C26H25FN8O3/c1-4-6-8-19(28-5-2)26(38)20-11-17(27)14-34(20)24(37)15-35-21-13-29-23(31-22-9-7-10-30-32-22)12-18(21)25(33-35)16(3)36/h4-10,12-13,17,20H,1-2,11,14-15H2,3H3,(H,29,31,32)/b8-6-,28-19?/t17-,20+/m1/s1. The van der Waals surface area contributed by atoms with Crippen LogP contribution in [0.25, 0.3) is 10.9 Å². The lowest BCUT2D eigenvalue weighted by atomic mass is 10.0. The zero-order chi connectivity index (χ0) is 27.2. The number of Topliss-reactive ketones (excluding diaryl/α,β-unsaturated/α-hetero) is 2. The highest BCUT2D eigenvalue weighted by molar-refractivity contribution is 6.46. The predicted molar refractivity (Wildman–Crippen MR) is 140 cm³/mol. The maximum atomic E-state index is 14.4. The second kappa shape index (κ2) is 11.5. The quantitative estimate of drug-likeness (QED) is 0.247. The van der Waals surface area contributed by atoms with Crippen LogP contribution in [0.15, 0.2) is 73.2 Å². The molecule has 11 nitrogen and oxygen atoms in total. The number of carbonyl (C=O) groups is 3. The molecule has 1 fully saturated rings. The first-order valence-corrected chi connectivity index (χ1v) is 11.7. The number of ketones is 2. The Hall–Kier alpha value is -4.87. The van der Waals surface area contributed by atoms with Gasteiger partial charge in [0.25, 0.3) is 0 Å². The van der Waals surface area contributed by atoms with Gasteiger partial charge >= 0.3 is 0 Å². The van der Waals surface area contributed by atoms with Gasteiger partial charge in [0, 0.05) is 31.1 Å². The van der Waals surface area contributed by atoms with E-state index in [2.05, 4.69) is 43.7 Å². The number of hydrogen-bond acceptors (Lipinski definition) is 9. The first-order chi connectivity index (χ1) is 18.3. The Morgan fingerprint density at radius 3 is 2.79 bits per heavy atom. The summed E-state index contributed by atoms with van der Waals surface area (Å²) < 4.78 is 15.8. The van der Waals surface area contributed by atoms with Crippen molar-refractivity contribution in [3.8, 4) is 0 Å². The first kappa shape index (κ1) is 26.2. The number of nitrogens with one attached hydrogen (secondary N) is 1. The summed E-state index contributed by atoms with van der Waals surface area (Å²) in [5.74, 6) is -0.490. The Morgan fingerprint density at radius 2 is 2.11 bits per heavy atom. The number of anilines is 2. The molecule has 0 spiro atoms. The van der Waals surface area contributed by atoms with E-state index < -0.39 is 23.9 Å². The fraction of sp³-hybridized carbons (Fsp3) is 0.231. The van der Waals surface area contributed by atoms with Gasteiger partial charge in [-0.05, 0) is 24.3 Å². The SMILES string of the molecule is C=C/C=C\C(=NC=C)C(=O)[C@@H]1C[C@@H](F)CN1C(=O)Cn1nc(C(C)=O)c2cc(Nc3cccnn3)ncc21. The summed E-state index contributed by atoms with van der Waals surface area (Å²) in [4.78, 5) is 48.3. The number of fused-ring (bicyclic) bond motifs is 1. The highest BCUT2D eigenvalue weighted by Crippen LogP contribution is 2.25. The van der Waals surface area contributed by atoms with Crippen molar-refractivity contribution < 1.29 is 18.8 Å². The van der Waals surface area contributed by atoms with Crippen LogP contribution in [0.2, 0.25) is 0 Å². The Morgan fingerprint density at radius 1 is 1.29 bits per heavy atom. The maximum absolute atomic E-state index is 14.4. The molecule has 0 unspecified atom stereocenters. The van der Waals surface area contributed by atoms with Crippen LogP contribution < -0.4 is 5.32 Å². The van der Waals surface area contributed by atoms with E-state index in [9.17, 15) is 18.8 Å². The van der Waals surface area contributed by atoms with Gasteiger partial charge in [0.15, 0.2) is 11.6 Å². The number of aliphatic imine (C=N–C) groups is 1. The van der Waals surface area contributed by atoms with Crippen molar-refractivity contribution in [2.75, 3.05) is 11.9 Å². The molecule has 0 saturated carbocycles. The zero-order valence-electron chi connectivity index (χ0n) is 20.6. The van der Waals surface area contributed by atoms with Crippen LogP contribution >= 0.6 is 0 Å². The number of rotatable bonds is 10. The number of amides is 1. The van der Waals surface area contributed by atoms with Crippen molar-refractivity contribution in [1.82, 2.24) is 29.9 Å². The Bertz CT molecular complexity index is 1460. The molecule has 2 atom stereocenters. The molecular formula is C26H25FN8O3. The minimum Gasteiger partial charge on any atom is -0.328 e. The zero-order valence-corrected chi connectivity index (χ0v) is 20.6. The van der Waals surface area contributed by atoms with E-state index in [-0.39, 0.29) is 36.7 Å². The third-order valence-corrected chi connectivity index (χ3v) is 5.83. The molecule has 4 rings (SSSR count). The van der Waals surface area contributed by atoms with E-state index in [1.165, 1.54) is 53.3 Å². The van der Waals surface area contributed by atoms with E-state index in [0.717, 1.165) is 0 Å². The lowest BCUT2D eigenvalue weighted by molar-refractivity contribution is -0.136. The van der Waals surface area contributed by atoms with Gasteiger partial charge in [0.1, 0.15) is 29.9 Å². The molecule has 1 aliphatic rings. The van der Waals surface area contributed by atoms with Crippen LogP contribution in [0.1, 0.15) is 23.8 Å². The van der Waals surface area contributed by atoms with Crippen LogP contribution in [0.5, 0.6) is 0 Å². The highest BCUT2D eigenvalue weighted by atomic mass is 19.1. The van der Waals surface area contributed by atoms with Crippen LogP contribution in [0.4, 0.5) is 16.0 Å². The molecule has 3 aromatic rings. The Labute approximate surface area is 217 Å². The molecule has 38 heavy (non-hydrogen) atoms. The average molecular weight is 517 g/mol. The monoisotopic (exact) mass is 516 g/mol. The summed E-state index contributed by atoms with van der Waals surface area (Å²) in [5, 5.41) is 15.5. The molecule has 1 N–H and O–H groups in total. The molecule has 0 bridgehead atoms. The number of nitrogens with zero attached hydrogens (tertiary/aromatic N) is 7. The number of allylic oxidation sites excluding steroid dienone is 3. The number of carbonyl (C=O) groups excluding carboxylic acids is 3. The second-order valence-electron chi connectivity index (χ2n) is 8.43. The minimum atomic E-state index is -1.38. The van der Waals surface area contributed by atoms with Gasteiger partial charge < -0.3 is 10.2 Å². The number of halogens is 1. The summed E-state index contributed by atoms with van der Waals surface area (Å²) >= 11 is 0. The van der Waals surface area contributed by atoms with Crippen molar-refractivity contribution in [2.24, 2.45) is 4.99 Å². The smallest absolute Gasteiger partial charge is 0.245 e. The fourth-order valence-corrected chi connectivity index (χ4v) is 4.17. The van der Waals surface area contributed by atoms with Gasteiger partial charge in [-0.3, -0.25) is 24.1 Å². The van der Waals surface area contributed by atoms with Crippen LogP contribution in [0, 0.1) is 0 Å². The van der Waals surface area contributed by atoms with Crippen molar-refractivity contribution >= 4 is 45.7 Å². The summed E-state index contributed by atoms with van der Waals surface area (Å²) in [6.45, 7) is 7.87. The van der Waals surface area contributed by atoms with E-state index in [0.29, 0.717) is 22.5 Å². The number of pyridine rings is 1. The van der Waals surface area contributed by atoms with Crippen molar-refractivity contribution in [3.05, 3.63) is 73.9 Å². The van der Waals surface area contributed by atoms with Crippen molar-refractivity contribution in [1.29, 1.82) is 0 Å². The number of alkyl halides is 1. The van der Waals surface area contributed by atoms with E-state index in [1.807, 2.05) is 0 Å². The fourth-order valence-electron chi connectivity index (χ4n) is 4.17. The van der Waals surface area contributed by atoms with Crippen molar-refractivity contribution in [3.63, 3.8) is 0 Å². The molecule has 4 heterocycles. The van der Waals surface area contributed by atoms with Gasteiger partial charge in [-0.15, -0.1) is 5.10 Å². The largest absolute Gasteiger partial charge is 0.328 e. The minimum absolute atomic E-state index is 0.0348. The Balaban J connectivity index is 1.62. The number of aromatic nitrogens is 5. The molecule has 0 aliphatic carbocycles. The first-order valence-electron chi connectivity index (χ1n) is 11.7.